The summed E-state index contributed by atoms with van der Waals surface area (Å²) in [7, 11) is 0. The molecule has 0 fully saturated rings. The van der Waals surface area contributed by atoms with Crippen molar-refractivity contribution in [1.82, 2.24) is 0 Å². The number of aryl methyl sites for hydroxylation is 1. The fraction of sp³-hybridized carbons (Fsp3) is 0.538. The van der Waals surface area contributed by atoms with E-state index in [1.54, 1.807) is 0 Å². The van der Waals surface area contributed by atoms with Crippen LogP contribution in [0.4, 0.5) is 4.39 Å². The number of rotatable bonds is 5. The Morgan fingerprint density at radius 2 is 2.12 bits per heavy atom. The van der Waals surface area contributed by atoms with Gasteiger partial charge < -0.3 is 10.5 Å². The van der Waals surface area contributed by atoms with Gasteiger partial charge in [-0.3, -0.25) is 0 Å². The molecule has 0 amide bonds. The van der Waals surface area contributed by atoms with Gasteiger partial charge in [-0.1, -0.05) is 6.92 Å². The van der Waals surface area contributed by atoms with Crippen LogP contribution in [0.2, 0.25) is 0 Å². The van der Waals surface area contributed by atoms with Gasteiger partial charge in [0, 0.05) is 6.04 Å². The molecule has 90 valence electrons. The van der Waals surface area contributed by atoms with Gasteiger partial charge in [0.05, 0.1) is 6.61 Å². The fourth-order valence-electron chi connectivity index (χ4n) is 1.71. The van der Waals surface area contributed by atoms with Gasteiger partial charge in [-0.15, -0.1) is 0 Å². The lowest BCUT2D eigenvalue weighted by Gasteiger charge is -2.15. The fourth-order valence-corrected chi connectivity index (χ4v) is 1.71. The van der Waals surface area contributed by atoms with Crippen LogP contribution < -0.4 is 10.5 Å². The summed E-state index contributed by atoms with van der Waals surface area (Å²) in [5, 5.41) is 0. The summed E-state index contributed by atoms with van der Waals surface area (Å²) < 4.78 is 18.9. The van der Waals surface area contributed by atoms with Crippen molar-refractivity contribution in [1.29, 1.82) is 0 Å². The van der Waals surface area contributed by atoms with Gasteiger partial charge in [-0.25, -0.2) is 4.39 Å². The molecule has 0 aliphatic rings. The molecule has 1 aromatic rings. The molecular formula is C13H20FNO. The predicted octanol–water partition coefficient (Wildman–Crippen LogP) is 2.81. The van der Waals surface area contributed by atoms with E-state index in [9.17, 15) is 4.39 Å². The molecule has 0 aliphatic heterocycles. The Kier molecular flexibility index (Phi) is 4.74. The van der Waals surface area contributed by atoms with Crippen molar-refractivity contribution >= 4 is 0 Å². The Bertz CT molecular complexity index is 350. The molecule has 1 atom stereocenters. The average Bonchev–Trinajstić information content (AvgIpc) is 2.15. The SMILES string of the molecule is CCCOc1c(C)cc(F)cc1CC(C)N. The maximum absolute atomic E-state index is 13.3. The molecule has 2 N–H and O–H groups in total. The summed E-state index contributed by atoms with van der Waals surface area (Å²) in [5.74, 6) is 0.567. The zero-order valence-electron chi connectivity index (χ0n) is 10.2. The second-order valence-corrected chi connectivity index (χ2v) is 4.24. The summed E-state index contributed by atoms with van der Waals surface area (Å²) in [4.78, 5) is 0. The number of halogens is 1. The number of benzene rings is 1. The Labute approximate surface area is 96.6 Å². The van der Waals surface area contributed by atoms with E-state index in [0.29, 0.717) is 13.0 Å². The Balaban J connectivity index is 3.00. The highest BCUT2D eigenvalue weighted by atomic mass is 19.1. The third-order valence-electron chi connectivity index (χ3n) is 2.31. The van der Waals surface area contributed by atoms with Crippen molar-refractivity contribution < 1.29 is 9.13 Å². The predicted molar refractivity (Wildman–Crippen MR) is 64.3 cm³/mol. The van der Waals surface area contributed by atoms with Crippen molar-refractivity contribution in [2.24, 2.45) is 5.73 Å². The van der Waals surface area contributed by atoms with Crippen molar-refractivity contribution in [3.05, 3.63) is 29.1 Å². The Hall–Kier alpha value is -1.09. The van der Waals surface area contributed by atoms with Crippen LogP contribution in [0.1, 0.15) is 31.4 Å². The maximum Gasteiger partial charge on any atom is 0.125 e. The molecule has 0 aliphatic carbocycles. The lowest BCUT2D eigenvalue weighted by molar-refractivity contribution is 0.311. The van der Waals surface area contributed by atoms with Crippen LogP contribution in [0.25, 0.3) is 0 Å². The highest BCUT2D eigenvalue weighted by Gasteiger charge is 2.11. The van der Waals surface area contributed by atoms with E-state index in [-0.39, 0.29) is 11.9 Å². The highest BCUT2D eigenvalue weighted by molar-refractivity contribution is 5.41. The molecule has 3 heteroatoms. The number of hydrogen-bond acceptors (Lipinski definition) is 2. The van der Waals surface area contributed by atoms with Gasteiger partial charge >= 0.3 is 0 Å². The molecule has 16 heavy (non-hydrogen) atoms. The average molecular weight is 225 g/mol. The molecule has 0 heterocycles. The number of ether oxygens (including phenoxy) is 1. The van der Waals surface area contributed by atoms with Crippen molar-refractivity contribution in [3.8, 4) is 5.75 Å². The molecule has 0 bridgehead atoms. The number of hydrogen-bond donors (Lipinski definition) is 1. The van der Waals surface area contributed by atoms with Gasteiger partial charge in [-0.05, 0) is 49.9 Å². The smallest absolute Gasteiger partial charge is 0.125 e. The van der Waals surface area contributed by atoms with Gasteiger partial charge in [0.25, 0.3) is 0 Å². The molecule has 0 spiro atoms. The summed E-state index contributed by atoms with van der Waals surface area (Å²) in [5.41, 5.74) is 7.44. The van der Waals surface area contributed by atoms with Crippen LogP contribution in [-0.4, -0.2) is 12.6 Å². The van der Waals surface area contributed by atoms with Crippen LogP contribution in [0, 0.1) is 12.7 Å². The summed E-state index contributed by atoms with van der Waals surface area (Å²) in [6, 6.07) is 3.02. The van der Waals surface area contributed by atoms with E-state index in [4.69, 9.17) is 10.5 Å². The first-order chi connectivity index (χ1) is 7.54. The van der Waals surface area contributed by atoms with Crippen molar-refractivity contribution in [3.63, 3.8) is 0 Å². The molecule has 0 radical (unpaired) electrons. The van der Waals surface area contributed by atoms with E-state index >= 15 is 0 Å². The molecule has 0 saturated heterocycles. The van der Waals surface area contributed by atoms with E-state index in [1.807, 2.05) is 20.8 Å². The van der Waals surface area contributed by atoms with Crippen LogP contribution in [0.3, 0.4) is 0 Å². The quantitative estimate of drug-likeness (QED) is 0.836. The third-order valence-corrected chi connectivity index (χ3v) is 2.31. The number of nitrogens with two attached hydrogens (primary N) is 1. The second kappa shape index (κ2) is 5.85. The van der Waals surface area contributed by atoms with Gasteiger partial charge in [0.15, 0.2) is 0 Å². The zero-order valence-corrected chi connectivity index (χ0v) is 10.2. The van der Waals surface area contributed by atoms with Crippen LogP contribution in [-0.2, 0) is 6.42 Å². The highest BCUT2D eigenvalue weighted by Crippen LogP contribution is 2.26. The summed E-state index contributed by atoms with van der Waals surface area (Å²) >= 11 is 0. The molecule has 1 unspecified atom stereocenters. The monoisotopic (exact) mass is 225 g/mol. The van der Waals surface area contributed by atoms with Gasteiger partial charge in [-0.2, -0.15) is 0 Å². The molecule has 0 aromatic heterocycles. The van der Waals surface area contributed by atoms with E-state index < -0.39 is 0 Å². The van der Waals surface area contributed by atoms with Gasteiger partial charge in [0.1, 0.15) is 11.6 Å². The zero-order chi connectivity index (χ0) is 12.1. The van der Waals surface area contributed by atoms with Crippen LogP contribution in [0.15, 0.2) is 12.1 Å². The first-order valence-electron chi connectivity index (χ1n) is 5.72. The third kappa shape index (κ3) is 3.49. The van der Waals surface area contributed by atoms with E-state index in [1.165, 1.54) is 12.1 Å². The molecule has 0 saturated carbocycles. The van der Waals surface area contributed by atoms with E-state index in [0.717, 1.165) is 23.3 Å². The minimum Gasteiger partial charge on any atom is -0.493 e. The summed E-state index contributed by atoms with van der Waals surface area (Å²) in [6.07, 6.45) is 1.58. The van der Waals surface area contributed by atoms with E-state index in [2.05, 4.69) is 0 Å². The molecular weight excluding hydrogens is 205 g/mol. The minimum absolute atomic E-state index is 0.00479. The molecule has 1 aromatic carbocycles. The van der Waals surface area contributed by atoms with Gasteiger partial charge in [0.2, 0.25) is 0 Å². The topological polar surface area (TPSA) is 35.2 Å². The molecule has 2 nitrogen and oxygen atoms in total. The lowest BCUT2D eigenvalue weighted by Crippen LogP contribution is -2.18. The van der Waals surface area contributed by atoms with Crippen LogP contribution in [0.5, 0.6) is 5.75 Å². The molecule has 1 rings (SSSR count). The normalized spacial score (nSPS) is 12.6. The van der Waals surface area contributed by atoms with Crippen molar-refractivity contribution in [2.45, 2.75) is 39.7 Å². The lowest BCUT2D eigenvalue weighted by atomic mass is 10.0. The first-order valence-corrected chi connectivity index (χ1v) is 5.72. The second-order valence-electron chi connectivity index (χ2n) is 4.24. The standard InChI is InChI=1S/C13H20FNO/c1-4-5-16-13-9(2)6-12(14)8-11(13)7-10(3)15/h6,8,10H,4-5,7,15H2,1-3H3. The minimum atomic E-state index is -0.225. The van der Waals surface area contributed by atoms with Crippen LogP contribution >= 0.6 is 0 Å². The maximum atomic E-state index is 13.3. The summed E-state index contributed by atoms with van der Waals surface area (Å²) in [6.45, 7) is 6.46. The largest absolute Gasteiger partial charge is 0.493 e. The Morgan fingerprint density at radius 1 is 1.44 bits per heavy atom. The van der Waals surface area contributed by atoms with Crippen molar-refractivity contribution in [2.75, 3.05) is 6.61 Å². The first kappa shape index (κ1) is 13.0. The Morgan fingerprint density at radius 3 is 2.69 bits per heavy atom.